The van der Waals surface area contributed by atoms with Crippen LogP contribution in [0.2, 0.25) is 0 Å². The SMILES string of the molecule is CCCOCCC(C)Oc1ccc(Oc2ccccc2)cc1. The van der Waals surface area contributed by atoms with Gasteiger partial charge in [0.05, 0.1) is 12.7 Å². The van der Waals surface area contributed by atoms with Gasteiger partial charge in [0.25, 0.3) is 0 Å². The molecular formula is C19H24O3. The van der Waals surface area contributed by atoms with Gasteiger partial charge in [-0.05, 0) is 49.7 Å². The highest BCUT2D eigenvalue weighted by atomic mass is 16.5. The first kappa shape index (κ1) is 16.4. The Morgan fingerprint density at radius 1 is 0.818 bits per heavy atom. The Kier molecular flexibility index (Phi) is 6.78. The minimum absolute atomic E-state index is 0.137. The average molecular weight is 300 g/mol. The maximum atomic E-state index is 5.86. The van der Waals surface area contributed by atoms with E-state index in [9.17, 15) is 0 Å². The molecule has 2 aromatic rings. The van der Waals surface area contributed by atoms with Gasteiger partial charge in [0.2, 0.25) is 0 Å². The zero-order chi connectivity index (χ0) is 15.6. The molecule has 0 aromatic heterocycles. The summed E-state index contributed by atoms with van der Waals surface area (Å²) in [5.41, 5.74) is 0. The summed E-state index contributed by atoms with van der Waals surface area (Å²) in [6, 6.07) is 17.4. The van der Waals surface area contributed by atoms with Crippen molar-refractivity contribution in [3.05, 3.63) is 54.6 Å². The van der Waals surface area contributed by atoms with Gasteiger partial charge in [-0.25, -0.2) is 0 Å². The summed E-state index contributed by atoms with van der Waals surface area (Å²) in [7, 11) is 0. The molecule has 0 N–H and O–H groups in total. The molecule has 3 nitrogen and oxygen atoms in total. The third kappa shape index (κ3) is 5.78. The third-order valence-electron chi connectivity index (χ3n) is 3.16. The molecule has 1 unspecified atom stereocenters. The molecule has 0 spiro atoms. The van der Waals surface area contributed by atoms with Crippen LogP contribution in [0.15, 0.2) is 54.6 Å². The summed E-state index contributed by atoms with van der Waals surface area (Å²) in [6.45, 7) is 5.73. The van der Waals surface area contributed by atoms with E-state index in [-0.39, 0.29) is 6.10 Å². The van der Waals surface area contributed by atoms with E-state index >= 15 is 0 Å². The van der Waals surface area contributed by atoms with E-state index in [0.29, 0.717) is 0 Å². The lowest BCUT2D eigenvalue weighted by Crippen LogP contribution is -2.14. The molecule has 22 heavy (non-hydrogen) atoms. The summed E-state index contributed by atoms with van der Waals surface area (Å²) >= 11 is 0. The first-order valence-corrected chi connectivity index (χ1v) is 7.85. The van der Waals surface area contributed by atoms with Crippen LogP contribution in [-0.4, -0.2) is 19.3 Å². The minimum atomic E-state index is 0.137. The normalized spacial score (nSPS) is 11.9. The number of benzene rings is 2. The second kappa shape index (κ2) is 9.11. The molecule has 0 amide bonds. The van der Waals surface area contributed by atoms with Crippen LogP contribution in [0.1, 0.15) is 26.7 Å². The summed E-state index contributed by atoms with van der Waals surface area (Å²) in [5, 5.41) is 0. The molecule has 3 heteroatoms. The van der Waals surface area contributed by atoms with Crippen molar-refractivity contribution in [2.45, 2.75) is 32.8 Å². The Morgan fingerprint density at radius 2 is 1.45 bits per heavy atom. The molecular weight excluding hydrogens is 276 g/mol. The molecule has 0 aliphatic heterocycles. The van der Waals surface area contributed by atoms with Gasteiger partial charge in [0.15, 0.2) is 0 Å². The maximum Gasteiger partial charge on any atom is 0.127 e. The van der Waals surface area contributed by atoms with E-state index in [4.69, 9.17) is 14.2 Å². The second-order valence-electron chi connectivity index (χ2n) is 5.22. The first-order valence-electron chi connectivity index (χ1n) is 7.85. The van der Waals surface area contributed by atoms with Crippen molar-refractivity contribution >= 4 is 0 Å². The predicted molar refractivity (Wildman–Crippen MR) is 88.8 cm³/mol. The molecule has 0 fully saturated rings. The molecule has 2 aromatic carbocycles. The Balaban J connectivity index is 1.79. The van der Waals surface area contributed by atoms with Gasteiger partial charge in [0.1, 0.15) is 17.2 Å². The maximum absolute atomic E-state index is 5.86. The van der Waals surface area contributed by atoms with Crippen molar-refractivity contribution in [2.24, 2.45) is 0 Å². The zero-order valence-corrected chi connectivity index (χ0v) is 13.3. The molecule has 0 bridgehead atoms. The monoisotopic (exact) mass is 300 g/mol. The highest BCUT2D eigenvalue weighted by Crippen LogP contribution is 2.24. The number of hydrogen-bond acceptors (Lipinski definition) is 3. The van der Waals surface area contributed by atoms with Crippen LogP contribution >= 0.6 is 0 Å². The number of hydrogen-bond donors (Lipinski definition) is 0. The fourth-order valence-corrected chi connectivity index (χ4v) is 2.00. The van der Waals surface area contributed by atoms with Crippen LogP contribution in [-0.2, 0) is 4.74 Å². The quantitative estimate of drug-likeness (QED) is 0.606. The Hall–Kier alpha value is -2.00. The lowest BCUT2D eigenvalue weighted by Gasteiger charge is -2.15. The largest absolute Gasteiger partial charge is 0.491 e. The van der Waals surface area contributed by atoms with Crippen LogP contribution in [0.3, 0.4) is 0 Å². The summed E-state index contributed by atoms with van der Waals surface area (Å²) in [6.07, 6.45) is 2.08. The number of rotatable bonds is 9. The lowest BCUT2D eigenvalue weighted by atomic mass is 10.3. The predicted octanol–water partition coefficient (Wildman–Crippen LogP) is 5.06. The van der Waals surface area contributed by atoms with Crippen molar-refractivity contribution in [1.29, 1.82) is 0 Å². The zero-order valence-electron chi connectivity index (χ0n) is 13.3. The summed E-state index contributed by atoms with van der Waals surface area (Å²) in [5.74, 6) is 2.48. The van der Waals surface area contributed by atoms with E-state index < -0.39 is 0 Å². The number of ether oxygens (including phenoxy) is 3. The van der Waals surface area contributed by atoms with Gasteiger partial charge < -0.3 is 14.2 Å². The van der Waals surface area contributed by atoms with E-state index in [1.54, 1.807) is 0 Å². The van der Waals surface area contributed by atoms with E-state index in [2.05, 4.69) is 13.8 Å². The average Bonchev–Trinajstić information content (AvgIpc) is 2.54. The molecule has 1 atom stereocenters. The Bertz CT molecular complexity index is 522. The molecule has 0 saturated heterocycles. The first-order chi connectivity index (χ1) is 10.8. The summed E-state index contributed by atoms with van der Waals surface area (Å²) in [4.78, 5) is 0. The number of para-hydroxylation sites is 1. The fourth-order valence-electron chi connectivity index (χ4n) is 2.00. The third-order valence-corrected chi connectivity index (χ3v) is 3.16. The fraction of sp³-hybridized carbons (Fsp3) is 0.368. The van der Waals surface area contributed by atoms with Crippen LogP contribution in [0.25, 0.3) is 0 Å². The lowest BCUT2D eigenvalue weighted by molar-refractivity contribution is 0.0982. The van der Waals surface area contributed by atoms with E-state index in [0.717, 1.165) is 43.3 Å². The van der Waals surface area contributed by atoms with Crippen LogP contribution in [0.5, 0.6) is 17.2 Å². The highest BCUT2D eigenvalue weighted by molar-refractivity contribution is 5.35. The van der Waals surface area contributed by atoms with Gasteiger partial charge >= 0.3 is 0 Å². The van der Waals surface area contributed by atoms with Crippen LogP contribution in [0, 0.1) is 0 Å². The van der Waals surface area contributed by atoms with Crippen LogP contribution in [0.4, 0.5) is 0 Å². The molecule has 0 aliphatic carbocycles. The van der Waals surface area contributed by atoms with Crippen molar-refractivity contribution in [2.75, 3.05) is 13.2 Å². The molecule has 0 heterocycles. The molecule has 2 rings (SSSR count). The van der Waals surface area contributed by atoms with Gasteiger partial charge in [-0.2, -0.15) is 0 Å². The second-order valence-corrected chi connectivity index (χ2v) is 5.22. The van der Waals surface area contributed by atoms with Crippen molar-refractivity contribution in [1.82, 2.24) is 0 Å². The van der Waals surface area contributed by atoms with E-state index in [1.807, 2.05) is 54.6 Å². The molecule has 0 aliphatic rings. The molecule has 0 radical (unpaired) electrons. The van der Waals surface area contributed by atoms with Crippen molar-refractivity contribution < 1.29 is 14.2 Å². The highest BCUT2D eigenvalue weighted by Gasteiger charge is 2.04. The standard InChI is InChI=1S/C19H24O3/c1-3-14-20-15-13-16(2)21-18-9-11-19(12-10-18)22-17-7-5-4-6-8-17/h4-12,16H,3,13-15H2,1-2H3. The molecule has 0 saturated carbocycles. The van der Waals surface area contributed by atoms with Gasteiger partial charge in [0, 0.05) is 13.0 Å². The van der Waals surface area contributed by atoms with Crippen molar-refractivity contribution in [3.63, 3.8) is 0 Å². The van der Waals surface area contributed by atoms with Gasteiger partial charge in [-0.3, -0.25) is 0 Å². The Labute approximate surface area is 132 Å². The summed E-state index contributed by atoms with van der Waals surface area (Å²) < 4.78 is 17.1. The molecule has 118 valence electrons. The minimum Gasteiger partial charge on any atom is -0.491 e. The van der Waals surface area contributed by atoms with Crippen molar-refractivity contribution in [3.8, 4) is 17.2 Å². The smallest absolute Gasteiger partial charge is 0.127 e. The van der Waals surface area contributed by atoms with Gasteiger partial charge in [-0.1, -0.05) is 25.1 Å². The van der Waals surface area contributed by atoms with Crippen LogP contribution < -0.4 is 9.47 Å². The van der Waals surface area contributed by atoms with E-state index in [1.165, 1.54) is 0 Å². The topological polar surface area (TPSA) is 27.7 Å². The van der Waals surface area contributed by atoms with Gasteiger partial charge in [-0.15, -0.1) is 0 Å². The Morgan fingerprint density at radius 3 is 2.14 bits per heavy atom.